The average molecular weight is 347 g/mol. The van der Waals surface area contributed by atoms with Gasteiger partial charge in [0.05, 0.1) is 0 Å². The standard InChI is InChI=1S/C23H38O2/c1-2-3-4-5-6-7-8-9-10-11-12-13-14-15-16-18-21-24-23-20-17-19-22-25-23/h23H,2-5,8-11,14-22H2,1H3. The van der Waals surface area contributed by atoms with Crippen molar-refractivity contribution in [3.05, 3.63) is 0 Å². The fraction of sp³-hybridized carbons (Fsp3) is 0.826. The Hall–Kier alpha value is -0.960. The van der Waals surface area contributed by atoms with Gasteiger partial charge in [-0.3, -0.25) is 0 Å². The van der Waals surface area contributed by atoms with Gasteiger partial charge in [-0.1, -0.05) is 26.2 Å². The van der Waals surface area contributed by atoms with Crippen LogP contribution >= 0.6 is 0 Å². The van der Waals surface area contributed by atoms with E-state index in [0.29, 0.717) is 0 Å². The summed E-state index contributed by atoms with van der Waals surface area (Å²) < 4.78 is 11.3. The summed E-state index contributed by atoms with van der Waals surface area (Å²) in [6, 6.07) is 0. The Bertz CT molecular complexity index is 401. The lowest BCUT2D eigenvalue weighted by molar-refractivity contribution is -0.162. The van der Waals surface area contributed by atoms with Crippen molar-refractivity contribution in [3.8, 4) is 23.7 Å². The van der Waals surface area contributed by atoms with Crippen LogP contribution in [0.15, 0.2) is 0 Å². The third-order valence-corrected chi connectivity index (χ3v) is 4.40. The summed E-state index contributed by atoms with van der Waals surface area (Å²) in [6.07, 6.45) is 17.5. The molecule has 0 saturated carbocycles. The van der Waals surface area contributed by atoms with Gasteiger partial charge in [0.2, 0.25) is 0 Å². The Labute approximate surface area is 156 Å². The first-order valence-corrected chi connectivity index (χ1v) is 10.6. The van der Waals surface area contributed by atoms with Crippen LogP contribution in [0.5, 0.6) is 0 Å². The Morgan fingerprint density at radius 3 is 1.92 bits per heavy atom. The Kier molecular flexibility index (Phi) is 15.8. The van der Waals surface area contributed by atoms with E-state index in [4.69, 9.17) is 9.47 Å². The van der Waals surface area contributed by atoms with E-state index < -0.39 is 0 Å². The molecule has 1 aliphatic rings. The normalized spacial score (nSPS) is 16.6. The molecule has 0 N–H and O–H groups in total. The molecule has 0 aromatic carbocycles. The summed E-state index contributed by atoms with van der Waals surface area (Å²) >= 11 is 0. The fourth-order valence-electron chi connectivity index (χ4n) is 2.79. The molecule has 1 aliphatic heterocycles. The summed E-state index contributed by atoms with van der Waals surface area (Å²) in [5, 5.41) is 0. The highest BCUT2D eigenvalue weighted by molar-refractivity contribution is 5.00. The van der Waals surface area contributed by atoms with Crippen LogP contribution in [0.25, 0.3) is 0 Å². The SMILES string of the molecule is CCCCCC#CCCCCC#CCCCCCOC1CCCCO1. The van der Waals surface area contributed by atoms with Gasteiger partial charge in [0.1, 0.15) is 0 Å². The lowest BCUT2D eigenvalue weighted by Gasteiger charge is -2.22. The molecule has 1 heterocycles. The van der Waals surface area contributed by atoms with Crippen LogP contribution in [0.3, 0.4) is 0 Å². The maximum atomic E-state index is 5.73. The van der Waals surface area contributed by atoms with E-state index in [1.54, 1.807) is 0 Å². The lowest BCUT2D eigenvalue weighted by Crippen LogP contribution is -2.22. The molecule has 0 aliphatic carbocycles. The molecule has 1 rings (SSSR count). The molecule has 0 spiro atoms. The van der Waals surface area contributed by atoms with Crippen molar-refractivity contribution in [1.29, 1.82) is 0 Å². The van der Waals surface area contributed by atoms with Crippen molar-refractivity contribution < 1.29 is 9.47 Å². The van der Waals surface area contributed by atoms with Gasteiger partial charge in [0, 0.05) is 38.9 Å². The molecule has 0 bridgehead atoms. The minimum absolute atomic E-state index is 0.0644. The highest BCUT2D eigenvalue weighted by atomic mass is 16.7. The van der Waals surface area contributed by atoms with Crippen LogP contribution in [-0.2, 0) is 9.47 Å². The smallest absolute Gasteiger partial charge is 0.157 e. The molecule has 142 valence electrons. The van der Waals surface area contributed by atoms with E-state index in [2.05, 4.69) is 30.6 Å². The molecular weight excluding hydrogens is 308 g/mol. The van der Waals surface area contributed by atoms with Crippen LogP contribution in [0.2, 0.25) is 0 Å². The predicted molar refractivity (Wildman–Crippen MR) is 106 cm³/mol. The van der Waals surface area contributed by atoms with Gasteiger partial charge >= 0.3 is 0 Å². The molecule has 0 aromatic heterocycles. The van der Waals surface area contributed by atoms with Gasteiger partial charge < -0.3 is 9.47 Å². The maximum Gasteiger partial charge on any atom is 0.157 e. The van der Waals surface area contributed by atoms with Gasteiger partial charge in [-0.2, -0.15) is 0 Å². The third-order valence-electron chi connectivity index (χ3n) is 4.40. The van der Waals surface area contributed by atoms with E-state index in [9.17, 15) is 0 Å². The zero-order chi connectivity index (χ0) is 17.8. The van der Waals surface area contributed by atoms with Gasteiger partial charge in [0.15, 0.2) is 6.29 Å². The van der Waals surface area contributed by atoms with E-state index in [1.807, 2.05) is 0 Å². The minimum atomic E-state index is 0.0644. The van der Waals surface area contributed by atoms with Crippen molar-refractivity contribution in [1.82, 2.24) is 0 Å². The number of hydrogen-bond donors (Lipinski definition) is 0. The summed E-state index contributed by atoms with van der Waals surface area (Å²) in [6.45, 7) is 3.93. The Morgan fingerprint density at radius 1 is 0.760 bits per heavy atom. The largest absolute Gasteiger partial charge is 0.353 e. The molecule has 1 unspecified atom stereocenters. The first kappa shape index (κ1) is 22.1. The summed E-state index contributed by atoms with van der Waals surface area (Å²) in [5.41, 5.74) is 0. The van der Waals surface area contributed by atoms with E-state index >= 15 is 0 Å². The van der Waals surface area contributed by atoms with Gasteiger partial charge in [-0.15, -0.1) is 23.7 Å². The monoisotopic (exact) mass is 346 g/mol. The van der Waals surface area contributed by atoms with Crippen molar-refractivity contribution in [3.63, 3.8) is 0 Å². The first-order chi connectivity index (χ1) is 12.4. The quantitative estimate of drug-likeness (QED) is 0.308. The Morgan fingerprint density at radius 2 is 1.36 bits per heavy atom. The van der Waals surface area contributed by atoms with Gasteiger partial charge in [-0.05, 0) is 51.4 Å². The minimum Gasteiger partial charge on any atom is -0.353 e. The molecule has 1 saturated heterocycles. The molecule has 0 radical (unpaired) electrons. The van der Waals surface area contributed by atoms with Crippen molar-refractivity contribution in [2.45, 2.75) is 110 Å². The second-order valence-corrected chi connectivity index (χ2v) is 6.85. The van der Waals surface area contributed by atoms with Crippen molar-refractivity contribution >= 4 is 0 Å². The topological polar surface area (TPSA) is 18.5 Å². The Balaban J connectivity index is 1.78. The van der Waals surface area contributed by atoms with Crippen LogP contribution in [0, 0.1) is 23.7 Å². The van der Waals surface area contributed by atoms with Crippen LogP contribution in [0.1, 0.15) is 103 Å². The zero-order valence-corrected chi connectivity index (χ0v) is 16.4. The highest BCUT2D eigenvalue weighted by Crippen LogP contribution is 2.14. The average Bonchev–Trinajstić information content (AvgIpc) is 2.65. The maximum absolute atomic E-state index is 5.73. The van der Waals surface area contributed by atoms with Crippen LogP contribution < -0.4 is 0 Å². The second kappa shape index (κ2) is 17.8. The first-order valence-electron chi connectivity index (χ1n) is 10.6. The summed E-state index contributed by atoms with van der Waals surface area (Å²) in [5.74, 6) is 13.1. The van der Waals surface area contributed by atoms with E-state index in [-0.39, 0.29) is 6.29 Å². The zero-order valence-electron chi connectivity index (χ0n) is 16.4. The molecule has 1 fully saturated rings. The van der Waals surface area contributed by atoms with Crippen LogP contribution in [0.4, 0.5) is 0 Å². The molecule has 25 heavy (non-hydrogen) atoms. The van der Waals surface area contributed by atoms with E-state index in [0.717, 1.165) is 51.7 Å². The molecule has 0 aromatic rings. The van der Waals surface area contributed by atoms with Crippen molar-refractivity contribution in [2.24, 2.45) is 0 Å². The number of unbranched alkanes of at least 4 members (excludes halogenated alkanes) is 9. The van der Waals surface area contributed by atoms with E-state index in [1.165, 1.54) is 57.8 Å². The molecule has 0 amide bonds. The predicted octanol–water partition coefficient (Wildman–Crippen LogP) is 6.24. The molecule has 2 heteroatoms. The van der Waals surface area contributed by atoms with Gasteiger partial charge in [-0.25, -0.2) is 0 Å². The summed E-state index contributed by atoms with van der Waals surface area (Å²) in [4.78, 5) is 0. The van der Waals surface area contributed by atoms with Crippen LogP contribution in [-0.4, -0.2) is 19.5 Å². The second-order valence-electron chi connectivity index (χ2n) is 6.85. The molecule has 1 atom stereocenters. The summed E-state index contributed by atoms with van der Waals surface area (Å²) in [7, 11) is 0. The van der Waals surface area contributed by atoms with Gasteiger partial charge in [0.25, 0.3) is 0 Å². The number of hydrogen-bond acceptors (Lipinski definition) is 2. The molecular formula is C23H38O2. The van der Waals surface area contributed by atoms with Crippen molar-refractivity contribution in [2.75, 3.05) is 13.2 Å². The number of ether oxygens (including phenoxy) is 2. The third kappa shape index (κ3) is 15.0. The lowest BCUT2D eigenvalue weighted by atomic mass is 10.1. The fourth-order valence-corrected chi connectivity index (χ4v) is 2.79. The highest BCUT2D eigenvalue weighted by Gasteiger charge is 2.12. The number of rotatable bonds is 12. The molecule has 2 nitrogen and oxygen atoms in total.